The van der Waals surface area contributed by atoms with Crippen molar-refractivity contribution in [3.63, 3.8) is 0 Å². The Bertz CT molecular complexity index is 3310. The zero-order valence-electron chi connectivity index (χ0n) is 30.9. The van der Waals surface area contributed by atoms with Gasteiger partial charge in [-0.1, -0.05) is 121 Å². The maximum absolute atomic E-state index is 6.39. The summed E-state index contributed by atoms with van der Waals surface area (Å²) in [5, 5.41) is 7.20. The van der Waals surface area contributed by atoms with E-state index in [1.54, 1.807) is 0 Å². The van der Waals surface area contributed by atoms with Gasteiger partial charge in [-0.2, -0.15) is 0 Å². The second-order valence-corrected chi connectivity index (χ2v) is 15.5. The molecule has 1 unspecified atom stereocenters. The summed E-state index contributed by atoms with van der Waals surface area (Å²) in [6, 6.07) is 62.0. The Hall–Kier alpha value is -7.10. The minimum absolute atomic E-state index is 0.0557. The van der Waals surface area contributed by atoms with Crippen molar-refractivity contribution in [2.75, 3.05) is 4.90 Å². The van der Waals surface area contributed by atoms with Gasteiger partial charge in [-0.15, -0.1) is 0 Å². The number of anilines is 2. The number of fused-ring (bicyclic) bond motifs is 10. The summed E-state index contributed by atoms with van der Waals surface area (Å²) in [5.74, 6) is 0. The van der Waals surface area contributed by atoms with Crippen molar-refractivity contribution >= 4 is 65.9 Å². The Balaban J connectivity index is 0.959. The van der Waals surface area contributed by atoms with Crippen molar-refractivity contribution in [1.29, 1.82) is 0 Å². The van der Waals surface area contributed by atoms with Gasteiger partial charge >= 0.3 is 0 Å². The number of allylic oxidation sites excluding steroid dienone is 4. The largest absolute Gasteiger partial charge is 0.455 e. The lowest BCUT2D eigenvalue weighted by molar-refractivity contribution is 0.577. The lowest BCUT2D eigenvalue weighted by Crippen LogP contribution is -2.26. The Morgan fingerprint density at radius 3 is 2.20 bits per heavy atom. The highest BCUT2D eigenvalue weighted by molar-refractivity contribution is 6.12. The molecule has 3 heteroatoms. The van der Waals surface area contributed by atoms with Crippen LogP contribution < -0.4 is 4.90 Å². The van der Waals surface area contributed by atoms with Crippen molar-refractivity contribution in [3.8, 4) is 27.9 Å². The normalized spacial score (nSPS) is 16.3. The number of hydrogen-bond acceptors (Lipinski definition) is 2. The molecule has 1 aliphatic carbocycles. The van der Waals surface area contributed by atoms with Crippen LogP contribution in [0.15, 0.2) is 198 Å². The molecule has 0 spiro atoms. The van der Waals surface area contributed by atoms with Crippen LogP contribution in [0.5, 0.6) is 0 Å². The molecule has 1 atom stereocenters. The van der Waals surface area contributed by atoms with E-state index >= 15 is 0 Å². The van der Waals surface area contributed by atoms with Crippen molar-refractivity contribution in [1.82, 2.24) is 4.57 Å². The van der Waals surface area contributed by atoms with E-state index in [-0.39, 0.29) is 5.41 Å². The first kappa shape index (κ1) is 31.3. The molecule has 0 amide bonds. The molecule has 1 aliphatic heterocycles. The molecule has 0 N–H and O–H groups in total. The maximum Gasteiger partial charge on any atom is 0.143 e. The monoisotopic (exact) mass is 716 g/mol. The summed E-state index contributed by atoms with van der Waals surface area (Å²) in [7, 11) is 0. The quantitative estimate of drug-likeness (QED) is 0.181. The molecule has 0 fully saturated rings. The number of benzene rings is 8. The number of nitrogens with zero attached hydrogens (tertiary/aromatic N) is 2. The second-order valence-electron chi connectivity index (χ2n) is 15.5. The average Bonchev–Trinajstić information content (AvgIpc) is 3.89. The number of para-hydroxylation sites is 4. The van der Waals surface area contributed by atoms with Crippen LogP contribution in [0.2, 0.25) is 0 Å². The van der Waals surface area contributed by atoms with Gasteiger partial charge in [0.05, 0.1) is 16.7 Å². The van der Waals surface area contributed by atoms with Crippen LogP contribution in [0.4, 0.5) is 11.4 Å². The highest BCUT2D eigenvalue weighted by atomic mass is 16.3. The van der Waals surface area contributed by atoms with E-state index in [9.17, 15) is 0 Å². The summed E-state index contributed by atoms with van der Waals surface area (Å²) in [6.07, 6.45) is 7.80. The van der Waals surface area contributed by atoms with E-state index in [0.717, 1.165) is 45.2 Å². The zero-order valence-corrected chi connectivity index (χ0v) is 30.9. The molecule has 0 bridgehead atoms. The highest BCUT2D eigenvalue weighted by Crippen LogP contribution is 2.55. The molecule has 2 aromatic heterocycles. The number of aromatic nitrogens is 1. The predicted octanol–water partition coefficient (Wildman–Crippen LogP) is 14.4. The molecule has 3 nitrogen and oxygen atoms in total. The fraction of sp³-hybridized carbons (Fsp3) is 0.0566. The van der Waals surface area contributed by atoms with Crippen molar-refractivity contribution in [2.45, 2.75) is 18.8 Å². The molecule has 0 saturated heterocycles. The Morgan fingerprint density at radius 2 is 1.27 bits per heavy atom. The lowest BCUT2D eigenvalue weighted by Gasteiger charge is -2.31. The molecule has 0 radical (unpaired) electrons. The Morgan fingerprint density at radius 1 is 0.536 bits per heavy atom. The van der Waals surface area contributed by atoms with Crippen molar-refractivity contribution in [3.05, 3.63) is 199 Å². The van der Waals surface area contributed by atoms with Crippen LogP contribution in [-0.4, -0.2) is 4.57 Å². The van der Waals surface area contributed by atoms with Crippen molar-refractivity contribution < 1.29 is 4.42 Å². The molecular weight excluding hydrogens is 681 g/mol. The second kappa shape index (κ2) is 11.7. The molecule has 10 aromatic rings. The van der Waals surface area contributed by atoms with Crippen LogP contribution >= 0.6 is 0 Å². The van der Waals surface area contributed by atoms with Gasteiger partial charge < -0.3 is 13.9 Å². The average molecular weight is 717 g/mol. The van der Waals surface area contributed by atoms with Gasteiger partial charge in [-0.25, -0.2) is 0 Å². The van der Waals surface area contributed by atoms with Crippen LogP contribution in [0.3, 0.4) is 0 Å². The molecular formula is C53H36N2O. The standard InChI is InChI=1S/C53H36N2O/c1-53-29-10-9-20-51(53)55(39-12-3-2-4-13-39)49-33-37(24-27-46(49)53)36-25-28-48-45(32-36)42-14-5-7-18-47(42)54(48)40-26-23-34-30-38(22-21-35(34)31-40)41-16-11-17-44-43-15-6-8-19-50(43)56-52(41)44/h2-28,30-33H,29H2,1H3. The van der Waals surface area contributed by atoms with Gasteiger partial charge in [-0.05, 0) is 113 Å². The van der Waals surface area contributed by atoms with Gasteiger partial charge in [0.15, 0.2) is 0 Å². The molecule has 2 aliphatic rings. The first-order valence-electron chi connectivity index (χ1n) is 19.5. The van der Waals surface area contributed by atoms with E-state index in [1.807, 2.05) is 12.1 Å². The summed E-state index contributed by atoms with van der Waals surface area (Å²) >= 11 is 0. The Kier molecular flexibility index (Phi) is 6.53. The number of hydrogen-bond donors (Lipinski definition) is 0. The molecule has 56 heavy (non-hydrogen) atoms. The topological polar surface area (TPSA) is 21.3 Å². The van der Waals surface area contributed by atoms with Gasteiger partial charge in [-0.3, -0.25) is 0 Å². The zero-order chi connectivity index (χ0) is 37.0. The van der Waals surface area contributed by atoms with E-state index in [2.05, 4.69) is 192 Å². The van der Waals surface area contributed by atoms with E-state index in [0.29, 0.717) is 0 Å². The lowest BCUT2D eigenvalue weighted by atomic mass is 9.76. The van der Waals surface area contributed by atoms with E-state index < -0.39 is 0 Å². The van der Waals surface area contributed by atoms with Crippen LogP contribution in [0.1, 0.15) is 18.9 Å². The number of furan rings is 1. The third-order valence-corrected chi connectivity index (χ3v) is 12.4. The fourth-order valence-electron chi connectivity index (χ4n) is 9.61. The number of rotatable bonds is 4. The first-order valence-corrected chi connectivity index (χ1v) is 19.5. The smallest absolute Gasteiger partial charge is 0.143 e. The third-order valence-electron chi connectivity index (χ3n) is 12.4. The summed E-state index contributed by atoms with van der Waals surface area (Å²) < 4.78 is 8.81. The third kappa shape index (κ3) is 4.46. The minimum Gasteiger partial charge on any atom is -0.455 e. The van der Waals surface area contributed by atoms with E-state index in [4.69, 9.17) is 4.42 Å². The minimum atomic E-state index is -0.0557. The SMILES string of the molecule is CC12CC=CC=C1N(c1ccccc1)c1cc(-c3ccc4c(c3)c3ccccc3n4-c3ccc4cc(-c5cccc6c5oc5ccccc56)ccc4c3)ccc12. The van der Waals surface area contributed by atoms with E-state index in [1.165, 1.54) is 66.3 Å². The van der Waals surface area contributed by atoms with Crippen LogP contribution in [-0.2, 0) is 5.41 Å². The maximum atomic E-state index is 6.39. The van der Waals surface area contributed by atoms with Crippen LogP contribution in [0.25, 0.3) is 82.5 Å². The van der Waals surface area contributed by atoms with Crippen LogP contribution in [0, 0.1) is 0 Å². The van der Waals surface area contributed by atoms with Gasteiger partial charge in [0.2, 0.25) is 0 Å². The molecule has 3 heterocycles. The van der Waals surface area contributed by atoms with Crippen molar-refractivity contribution in [2.24, 2.45) is 0 Å². The summed E-state index contributed by atoms with van der Waals surface area (Å²) in [5.41, 5.74) is 15.2. The van der Waals surface area contributed by atoms with Gasteiger partial charge in [0.1, 0.15) is 11.2 Å². The summed E-state index contributed by atoms with van der Waals surface area (Å²) in [6.45, 7) is 2.39. The fourth-order valence-corrected chi connectivity index (χ4v) is 9.61. The predicted molar refractivity (Wildman–Crippen MR) is 234 cm³/mol. The van der Waals surface area contributed by atoms with Gasteiger partial charge in [0, 0.05) is 49.6 Å². The molecule has 264 valence electrons. The first-order chi connectivity index (χ1) is 27.6. The Labute approximate surface area is 324 Å². The molecule has 12 rings (SSSR count). The highest BCUT2D eigenvalue weighted by Gasteiger charge is 2.44. The summed E-state index contributed by atoms with van der Waals surface area (Å²) in [4.78, 5) is 2.47. The molecule has 0 saturated carbocycles. The molecule has 8 aromatic carbocycles. The van der Waals surface area contributed by atoms with Gasteiger partial charge in [0.25, 0.3) is 0 Å².